The van der Waals surface area contributed by atoms with Crippen molar-refractivity contribution in [1.29, 1.82) is 0 Å². The van der Waals surface area contributed by atoms with Gasteiger partial charge in [-0.2, -0.15) is 5.10 Å². The van der Waals surface area contributed by atoms with Crippen LogP contribution in [0.2, 0.25) is 0 Å². The van der Waals surface area contributed by atoms with Crippen LogP contribution in [0.4, 0.5) is 5.69 Å². The Hall–Kier alpha value is -2.96. The van der Waals surface area contributed by atoms with Crippen molar-refractivity contribution in [2.24, 2.45) is 0 Å². The number of ether oxygens (including phenoxy) is 1. The van der Waals surface area contributed by atoms with Gasteiger partial charge in [0.1, 0.15) is 12.2 Å². The van der Waals surface area contributed by atoms with Crippen molar-refractivity contribution in [3.8, 4) is 0 Å². The standard InChI is InChI=1S/C17H19N3O4/c1-4-24-16(22)10-20-15(21)8-7-14(19-20)17(23)18-13-6-5-11(2)12(3)9-13/h5-9H,4,10H2,1-3H3,(H,18,23). The SMILES string of the molecule is CCOC(=O)Cn1nc(C(=O)Nc2ccc(C)c(C)c2)ccc1=O. The molecule has 0 aliphatic carbocycles. The highest BCUT2D eigenvalue weighted by Gasteiger charge is 2.12. The van der Waals surface area contributed by atoms with Crippen molar-refractivity contribution in [2.45, 2.75) is 27.3 Å². The number of hydrogen-bond acceptors (Lipinski definition) is 5. The summed E-state index contributed by atoms with van der Waals surface area (Å²) in [6.45, 7) is 5.47. The Morgan fingerprint density at radius 1 is 1.17 bits per heavy atom. The Morgan fingerprint density at radius 3 is 2.58 bits per heavy atom. The number of carbonyl (C=O) groups is 2. The van der Waals surface area contributed by atoms with Crippen molar-refractivity contribution in [2.75, 3.05) is 11.9 Å². The van der Waals surface area contributed by atoms with E-state index < -0.39 is 17.4 Å². The van der Waals surface area contributed by atoms with E-state index in [1.807, 2.05) is 26.0 Å². The summed E-state index contributed by atoms with van der Waals surface area (Å²) >= 11 is 0. The predicted molar refractivity (Wildman–Crippen MR) is 89.0 cm³/mol. The van der Waals surface area contributed by atoms with E-state index >= 15 is 0 Å². The first-order valence-corrected chi connectivity index (χ1v) is 7.53. The summed E-state index contributed by atoms with van der Waals surface area (Å²) in [4.78, 5) is 35.5. The van der Waals surface area contributed by atoms with Crippen LogP contribution in [0, 0.1) is 13.8 Å². The van der Waals surface area contributed by atoms with E-state index in [1.165, 1.54) is 12.1 Å². The topological polar surface area (TPSA) is 90.3 Å². The fourth-order valence-corrected chi connectivity index (χ4v) is 2.03. The summed E-state index contributed by atoms with van der Waals surface area (Å²) in [5, 5.41) is 6.64. The molecular weight excluding hydrogens is 310 g/mol. The van der Waals surface area contributed by atoms with E-state index in [-0.39, 0.29) is 18.8 Å². The molecule has 1 N–H and O–H groups in total. The summed E-state index contributed by atoms with van der Waals surface area (Å²) in [5.74, 6) is -1.05. The number of esters is 1. The summed E-state index contributed by atoms with van der Waals surface area (Å²) in [6.07, 6.45) is 0. The van der Waals surface area contributed by atoms with Gasteiger partial charge in [0.05, 0.1) is 6.61 Å². The molecule has 0 aliphatic rings. The van der Waals surface area contributed by atoms with E-state index in [9.17, 15) is 14.4 Å². The van der Waals surface area contributed by atoms with Gasteiger partial charge < -0.3 is 10.1 Å². The van der Waals surface area contributed by atoms with Gasteiger partial charge in [-0.05, 0) is 50.1 Å². The molecule has 0 bridgehead atoms. The minimum absolute atomic E-state index is 0.0390. The summed E-state index contributed by atoms with van der Waals surface area (Å²) in [6, 6.07) is 8.05. The first-order valence-electron chi connectivity index (χ1n) is 7.53. The average molecular weight is 329 g/mol. The number of carbonyl (C=O) groups excluding carboxylic acids is 2. The fraction of sp³-hybridized carbons (Fsp3) is 0.294. The second kappa shape index (κ2) is 7.54. The highest BCUT2D eigenvalue weighted by atomic mass is 16.5. The molecule has 0 saturated carbocycles. The first kappa shape index (κ1) is 17.4. The molecule has 2 rings (SSSR count). The van der Waals surface area contributed by atoms with Crippen molar-refractivity contribution < 1.29 is 14.3 Å². The van der Waals surface area contributed by atoms with Gasteiger partial charge in [0, 0.05) is 11.8 Å². The molecule has 1 heterocycles. The molecule has 0 unspecified atom stereocenters. The quantitative estimate of drug-likeness (QED) is 0.843. The van der Waals surface area contributed by atoms with Gasteiger partial charge >= 0.3 is 5.97 Å². The number of aromatic nitrogens is 2. The Bertz CT molecular complexity index is 827. The summed E-state index contributed by atoms with van der Waals surface area (Å²) in [7, 11) is 0. The smallest absolute Gasteiger partial charge is 0.327 e. The van der Waals surface area contributed by atoms with Crippen LogP contribution in [0.15, 0.2) is 35.1 Å². The van der Waals surface area contributed by atoms with Crippen molar-refractivity contribution in [3.05, 3.63) is 57.5 Å². The predicted octanol–water partition coefficient (Wildman–Crippen LogP) is 1.68. The highest BCUT2D eigenvalue weighted by Crippen LogP contribution is 2.14. The Labute approximate surface area is 139 Å². The van der Waals surface area contributed by atoms with Crippen LogP contribution in [0.1, 0.15) is 28.5 Å². The van der Waals surface area contributed by atoms with Gasteiger partial charge in [0.15, 0.2) is 0 Å². The number of hydrogen-bond donors (Lipinski definition) is 1. The number of amides is 1. The molecule has 1 amide bonds. The van der Waals surface area contributed by atoms with E-state index in [0.29, 0.717) is 5.69 Å². The third kappa shape index (κ3) is 4.28. The van der Waals surface area contributed by atoms with Crippen LogP contribution < -0.4 is 10.9 Å². The van der Waals surface area contributed by atoms with Gasteiger partial charge in [-0.1, -0.05) is 6.07 Å². The molecular formula is C17H19N3O4. The summed E-state index contributed by atoms with van der Waals surface area (Å²) in [5.41, 5.74) is 2.36. The number of nitrogens with one attached hydrogen (secondary N) is 1. The van der Waals surface area contributed by atoms with E-state index in [4.69, 9.17) is 4.74 Å². The lowest BCUT2D eigenvalue weighted by atomic mass is 10.1. The monoisotopic (exact) mass is 329 g/mol. The Morgan fingerprint density at radius 2 is 1.92 bits per heavy atom. The molecule has 0 atom stereocenters. The third-order valence-electron chi connectivity index (χ3n) is 3.45. The van der Waals surface area contributed by atoms with Gasteiger partial charge in [-0.3, -0.25) is 14.4 Å². The largest absolute Gasteiger partial charge is 0.465 e. The Balaban J connectivity index is 2.18. The molecule has 0 aliphatic heterocycles. The lowest BCUT2D eigenvalue weighted by Crippen LogP contribution is -2.29. The highest BCUT2D eigenvalue weighted by molar-refractivity contribution is 6.02. The molecule has 7 nitrogen and oxygen atoms in total. The van der Waals surface area contributed by atoms with Gasteiger partial charge in [0.25, 0.3) is 11.5 Å². The number of benzene rings is 1. The normalized spacial score (nSPS) is 10.3. The fourth-order valence-electron chi connectivity index (χ4n) is 2.03. The lowest BCUT2D eigenvalue weighted by molar-refractivity contribution is -0.144. The Kier molecular flexibility index (Phi) is 5.47. The van der Waals surface area contributed by atoms with Gasteiger partial charge in [0.2, 0.25) is 0 Å². The molecule has 2 aromatic rings. The zero-order chi connectivity index (χ0) is 17.7. The van der Waals surface area contributed by atoms with Crippen LogP contribution in [0.5, 0.6) is 0 Å². The lowest BCUT2D eigenvalue weighted by Gasteiger charge is -2.09. The van der Waals surface area contributed by atoms with Crippen LogP contribution >= 0.6 is 0 Å². The maximum Gasteiger partial charge on any atom is 0.327 e. The van der Waals surface area contributed by atoms with E-state index in [1.54, 1.807) is 13.0 Å². The molecule has 1 aromatic heterocycles. The maximum atomic E-state index is 12.3. The maximum absolute atomic E-state index is 12.3. The van der Waals surface area contributed by atoms with E-state index in [0.717, 1.165) is 15.8 Å². The van der Waals surface area contributed by atoms with Crippen LogP contribution in [-0.4, -0.2) is 28.3 Å². The van der Waals surface area contributed by atoms with E-state index in [2.05, 4.69) is 10.4 Å². The minimum atomic E-state index is -0.584. The van der Waals surface area contributed by atoms with Gasteiger partial charge in [-0.15, -0.1) is 0 Å². The van der Waals surface area contributed by atoms with Crippen LogP contribution in [0.3, 0.4) is 0 Å². The molecule has 0 spiro atoms. The molecule has 126 valence electrons. The second-order valence-corrected chi connectivity index (χ2v) is 5.27. The zero-order valence-electron chi connectivity index (χ0n) is 13.8. The van der Waals surface area contributed by atoms with Crippen molar-refractivity contribution >= 4 is 17.6 Å². The minimum Gasteiger partial charge on any atom is -0.465 e. The molecule has 7 heteroatoms. The van der Waals surface area contributed by atoms with Crippen molar-refractivity contribution in [3.63, 3.8) is 0 Å². The second-order valence-electron chi connectivity index (χ2n) is 5.27. The van der Waals surface area contributed by atoms with Crippen LogP contribution in [0.25, 0.3) is 0 Å². The summed E-state index contributed by atoms with van der Waals surface area (Å²) < 4.78 is 5.69. The molecule has 24 heavy (non-hydrogen) atoms. The molecule has 0 fully saturated rings. The molecule has 0 radical (unpaired) electrons. The van der Waals surface area contributed by atoms with Crippen LogP contribution in [-0.2, 0) is 16.1 Å². The number of anilines is 1. The zero-order valence-corrected chi connectivity index (χ0v) is 13.8. The third-order valence-corrected chi connectivity index (χ3v) is 3.45. The van der Waals surface area contributed by atoms with Crippen molar-refractivity contribution in [1.82, 2.24) is 9.78 Å². The first-order chi connectivity index (χ1) is 11.4. The molecule has 1 aromatic carbocycles. The van der Waals surface area contributed by atoms with Gasteiger partial charge in [-0.25, -0.2) is 4.68 Å². The number of rotatable bonds is 5. The number of nitrogens with zero attached hydrogens (tertiary/aromatic N) is 2. The molecule has 0 saturated heterocycles. The average Bonchev–Trinajstić information content (AvgIpc) is 2.53. The number of aryl methyl sites for hydroxylation is 2.